The predicted molar refractivity (Wildman–Crippen MR) is 73.8 cm³/mol. The van der Waals surface area contributed by atoms with Gasteiger partial charge in [0.05, 0.1) is 0 Å². The van der Waals surface area contributed by atoms with E-state index in [9.17, 15) is 0 Å². The van der Waals surface area contributed by atoms with E-state index in [-0.39, 0.29) is 0 Å². The molecule has 0 radical (unpaired) electrons. The molecule has 1 aromatic carbocycles. The Morgan fingerprint density at radius 1 is 1.12 bits per heavy atom. The third-order valence-corrected chi connectivity index (χ3v) is 4.30. The molecule has 0 unspecified atom stereocenters. The van der Waals surface area contributed by atoms with Crippen molar-refractivity contribution in [2.24, 2.45) is 11.1 Å². The van der Waals surface area contributed by atoms with Crippen LogP contribution in [0.3, 0.4) is 0 Å². The van der Waals surface area contributed by atoms with Crippen LogP contribution in [0.1, 0.15) is 56.6 Å². The van der Waals surface area contributed by atoms with E-state index in [1.54, 1.807) is 0 Å². The lowest BCUT2D eigenvalue weighted by Crippen LogP contribution is -2.20. The first-order valence-electron chi connectivity index (χ1n) is 7.00. The number of aryl methyl sites for hydroxylation is 1. The van der Waals surface area contributed by atoms with Crippen molar-refractivity contribution in [1.82, 2.24) is 0 Å². The molecule has 1 nitrogen and oxygen atoms in total. The summed E-state index contributed by atoms with van der Waals surface area (Å²) < 4.78 is 0. The van der Waals surface area contributed by atoms with Crippen LogP contribution in [-0.4, -0.2) is 0 Å². The highest BCUT2D eigenvalue weighted by Gasteiger charge is 2.25. The first-order chi connectivity index (χ1) is 8.22. The van der Waals surface area contributed by atoms with Crippen LogP contribution in [0.2, 0.25) is 0 Å². The zero-order valence-corrected chi connectivity index (χ0v) is 11.0. The Bertz CT molecular complexity index is 350. The fourth-order valence-corrected chi connectivity index (χ4v) is 3.01. The lowest BCUT2D eigenvalue weighted by Gasteiger charge is -2.33. The fraction of sp³-hybridized carbons (Fsp3) is 0.625. The first-order valence-corrected chi connectivity index (χ1v) is 7.00. The van der Waals surface area contributed by atoms with Crippen LogP contribution >= 0.6 is 0 Å². The van der Waals surface area contributed by atoms with Crippen LogP contribution in [0.4, 0.5) is 0 Å². The lowest BCUT2D eigenvalue weighted by molar-refractivity contribution is 0.199. The van der Waals surface area contributed by atoms with Crippen molar-refractivity contribution in [3.63, 3.8) is 0 Å². The Kier molecular flexibility index (Phi) is 4.22. The molecule has 0 bridgehead atoms. The van der Waals surface area contributed by atoms with Crippen LogP contribution in [-0.2, 0) is 13.0 Å². The number of hydrogen-bond acceptors (Lipinski definition) is 1. The van der Waals surface area contributed by atoms with E-state index in [2.05, 4.69) is 31.2 Å². The van der Waals surface area contributed by atoms with Crippen LogP contribution in [0, 0.1) is 5.41 Å². The zero-order chi connectivity index (χ0) is 12.1. The van der Waals surface area contributed by atoms with Gasteiger partial charge in [0.2, 0.25) is 0 Å². The topological polar surface area (TPSA) is 26.0 Å². The zero-order valence-electron chi connectivity index (χ0n) is 11.0. The molecular weight excluding hydrogens is 206 g/mol. The minimum absolute atomic E-state index is 0.594. The van der Waals surface area contributed by atoms with Crippen molar-refractivity contribution in [3.05, 3.63) is 35.4 Å². The van der Waals surface area contributed by atoms with Crippen molar-refractivity contribution >= 4 is 0 Å². The van der Waals surface area contributed by atoms with Crippen LogP contribution in [0.25, 0.3) is 0 Å². The summed E-state index contributed by atoms with van der Waals surface area (Å²) in [5.41, 5.74) is 9.00. The molecule has 94 valence electrons. The minimum atomic E-state index is 0.594. The van der Waals surface area contributed by atoms with Crippen LogP contribution in [0.5, 0.6) is 0 Å². The minimum Gasteiger partial charge on any atom is -0.326 e. The summed E-state index contributed by atoms with van der Waals surface area (Å²) in [5, 5.41) is 0. The molecule has 2 N–H and O–H groups in total. The summed E-state index contributed by atoms with van der Waals surface area (Å²) in [7, 11) is 0. The molecule has 1 aliphatic carbocycles. The predicted octanol–water partition coefficient (Wildman–Crippen LogP) is 4.05. The van der Waals surface area contributed by atoms with Gasteiger partial charge in [-0.15, -0.1) is 0 Å². The second-order valence-electron chi connectivity index (χ2n) is 5.90. The highest BCUT2D eigenvalue weighted by molar-refractivity contribution is 5.23. The first kappa shape index (κ1) is 12.6. The molecule has 1 aliphatic rings. The maximum Gasteiger partial charge on any atom is 0.0178 e. The Balaban J connectivity index is 1.92. The van der Waals surface area contributed by atoms with Crippen molar-refractivity contribution < 1.29 is 0 Å². The monoisotopic (exact) mass is 231 g/mol. The Hall–Kier alpha value is -0.820. The van der Waals surface area contributed by atoms with E-state index in [1.165, 1.54) is 56.1 Å². The van der Waals surface area contributed by atoms with Gasteiger partial charge >= 0.3 is 0 Å². The molecule has 0 heterocycles. The molecule has 0 aromatic heterocycles. The Morgan fingerprint density at radius 2 is 1.82 bits per heavy atom. The van der Waals surface area contributed by atoms with E-state index >= 15 is 0 Å². The standard InChI is InChI=1S/C16H25N/c1-16(9-3-2-4-10-16)11-8-14-6-5-7-15(12-14)13-17/h5-7,12H,2-4,8-11,13,17H2,1H3. The molecule has 1 saturated carbocycles. The smallest absolute Gasteiger partial charge is 0.0178 e. The van der Waals surface area contributed by atoms with E-state index in [4.69, 9.17) is 5.73 Å². The van der Waals surface area contributed by atoms with Gasteiger partial charge in [-0.25, -0.2) is 0 Å². The SMILES string of the molecule is CC1(CCc2cccc(CN)c2)CCCCC1. The van der Waals surface area contributed by atoms with Gasteiger partial charge in [0.15, 0.2) is 0 Å². The molecule has 2 rings (SSSR count). The lowest BCUT2D eigenvalue weighted by atomic mass is 9.72. The molecule has 1 aromatic rings. The van der Waals surface area contributed by atoms with Crippen molar-refractivity contribution in [1.29, 1.82) is 0 Å². The van der Waals surface area contributed by atoms with Gasteiger partial charge in [-0.05, 0) is 42.2 Å². The maximum atomic E-state index is 5.68. The summed E-state index contributed by atoms with van der Waals surface area (Å²) in [4.78, 5) is 0. The number of hydrogen-bond donors (Lipinski definition) is 1. The molecule has 0 aliphatic heterocycles. The average Bonchev–Trinajstić information content (AvgIpc) is 2.38. The third kappa shape index (κ3) is 3.57. The molecule has 0 saturated heterocycles. The van der Waals surface area contributed by atoms with E-state index in [0.29, 0.717) is 12.0 Å². The van der Waals surface area contributed by atoms with Gasteiger partial charge in [0, 0.05) is 6.54 Å². The van der Waals surface area contributed by atoms with Gasteiger partial charge in [-0.3, -0.25) is 0 Å². The Labute approximate surface area is 105 Å². The summed E-state index contributed by atoms with van der Waals surface area (Å²) in [5.74, 6) is 0. The summed E-state index contributed by atoms with van der Waals surface area (Å²) in [6.45, 7) is 3.13. The van der Waals surface area contributed by atoms with E-state index < -0.39 is 0 Å². The van der Waals surface area contributed by atoms with E-state index in [1.807, 2.05) is 0 Å². The van der Waals surface area contributed by atoms with Gasteiger partial charge in [-0.2, -0.15) is 0 Å². The second kappa shape index (κ2) is 5.68. The summed E-state index contributed by atoms with van der Waals surface area (Å²) in [6.07, 6.45) is 9.69. The molecule has 0 amide bonds. The van der Waals surface area contributed by atoms with Gasteiger partial charge in [0.1, 0.15) is 0 Å². The average molecular weight is 231 g/mol. The van der Waals surface area contributed by atoms with Gasteiger partial charge < -0.3 is 5.73 Å². The molecular formula is C16H25N. The Morgan fingerprint density at radius 3 is 2.53 bits per heavy atom. The number of benzene rings is 1. The summed E-state index contributed by atoms with van der Waals surface area (Å²) >= 11 is 0. The highest BCUT2D eigenvalue weighted by atomic mass is 14.5. The fourth-order valence-electron chi connectivity index (χ4n) is 3.01. The molecule has 0 spiro atoms. The van der Waals surface area contributed by atoms with Crippen LogP contribution in [0.15, 0.2) is 24.3 Å². The van der Waals surface area contributed by atoms with Crippen LogP contribution < -0.4 is 5.73 Å². The molecule has 1 heteroatoms. The summed E-state index contributed by atoms with van der Waals surface area (Å²) in [6, 6.07) is 8.77. The molecule has 0 atom stereocenters. The molecule has 1 fully saturated rings. The maximum absolute atomic E-state index is 5.68. The van der Waals surface area contributed by atoms with E-state index in [0.717, 1.165) is 0 Å². The normalized spacial score (nSPS) is 19.2. The number of nitrogens with two attached hydrogens (primary N) is 1. The van der Waals surface area contributed by atoms with Crippen molar-refractivity contribution in [2.75, 3.05) is 0 Å². The van der Waals surface area contributed by atoms with Crippen molar-refractivity contribution in [3.8, 4) is 0 Å². The van der Waals surface area contributed by atoms with Crippen molar-refractivity contribution in [2.45, 2.75) is 58.4 Å². The molecule has 17 heavy (non-hydrogen) atoms. The second-order valence-corrected chi connectivity index (χ2v) is 5.90. The largest absolute Gasteiger partial charge is 0.326 e. The number of rotatable bonds is 4. The van der Waals surface area contributed by atoms with Gasteiger partial charge in [-0.1, -0.05) is 50.5 Å². The van der Waals surface area contributed by atoms with Gasteiger partial charge in [0.25, 0.3) is 0 Å². The highest BCUT2D eigenvalue weighted by Crippen LogP contribution is 2.39. The quantitative estimate of drug-likeness (QED) is 0.831. The third-order valence-electron chi connectivity index (χ3n) is 4.30.